The highest BCUT2D eigenvalue weighted by molar-refractivity contribution is 6.21. The minimum absolute atomic E-state index is 0.00754. The van der Waals surface area contributed by atoms with Gasteiger partial charge >= 0.3 is 0 Å². The smallest absolute Gasteiger partial charge is 0.251 e. The summed E-state index contributed by atoms with van der Waals surface area (Å²) in [6.45, 7) is 0. The number of halogens is 2. The third-order valence-electron chi connectivity index (χ3n) is 3.10. The molecule has 4 heteroatoms. The van der Waals surface area contributed by atoms with Crippen LogP contribution in [0.1, 0.15) is 36.0 Å². The van der Waals surface area contributed by atoms with Crippen molar-refractivity contribution >= 4 is 17.5 Å². The monoisotopic (exact) mass is 255 g/mol. The molecule has 1 aromatic rings. The molecule has 1 aliphatic rings. The molecule has 0 bridgehead atoms. The summed E-state index contributed by atoms with van der Waals surface area (Å²) in [5, 5.41) is 2.92. The van der Waals surface area contributed by atoms with Crippen molar-refractivity contribution in [3.8, 4) is 0 Å². The van der Waals surface area contributed by atoms with Gasteiger partial charge in [-0.25, -0.2) is 4.39 Å². The standard InChI is InChI=1S/C13H15ClFNO/c14-11-3-1-2-4-12(11)16-13(17)9-5-7-10(15)8-6-9/h5-8,11-12H,1-4H2,(H,16,17). The zero-order chi connectivity index (χ0) is 12.3. The number of hydrogen-bond acceptors (Lipinski definition) is 1. The van der Waals surface area contributed by atoms with E-state index in [0.717, 1.165) is 25.7 Å². The van der Waals surface area contributed by atoms with Gasteiger partial charge in [0.15, 0.2) is 0 Å². The molecule has 0 spiro atoms. The maximum absolute atomic E-state index is 12.7. The molecule has 0 radical (unpaired) electrons. The molecule has 0 saturated heterocycles. The normalized spacial score (nSPS) is 24.4. The van der Waals surface area contributed by atoms with Gasteiger partial charge in [-0.05, 0) is 37.1 Å². The summed E-state index contributed by atoms with van der Waals surface area (Å²) in [7, 11) is 0. The molecule has 2 nitrogen and oxygen atoms in total. The van der Waals surface area contributed by atoms with Gasteiger partial charge in [0.1, 0.15) is 5.82 Å². The van der Waals surface area contributed by atoms with E-state index in [-0.39, 0.29) is 23.1 Å². The number of hydrogen-bond donors (Lipinski definition) is 1. The predicted molar refractivity (Wildman–Crippen MR) is 65.8 cm³/mol. The SMILES string of the molecule is O=C(NC1CCCCC1Cl)c1ccc(F)cc1. The van der Waals surface area contributed by atoms with E-state index in [1.54, 1.807) is 0 Å². The molecule has 0 aromatic heterocycles. The van der Waals surface area contributed by atoms with Gasteiger partial charge in [-0.2, -0.15) is 0 Å². The molecule has 92 valence electrons. The molecule has 2 atom stereocenters. The van der Waals surface area contributed by atoms with Crippen LogP contribution in [0.5, 0.6) is 0 Å². The fourth-order valence-corrected chi connectivity index (χ4v) is 2.44. The van der Waals surface area contributed by atoms with E-state index in [9.17, 15) is 9.18 Å². The number of carbonyl (C=O) groups is 1. The van der Waals surface area contributed by atoms with E-state index < -0.39 is 0 Å². The maximum atomic E-state index is 12.7. The number of amides is 1. The van der Waals surface area contributed by atoms with E-state index in [2.05, 4.69) is 5.32 Å². The van der Waals surface area contributed by atoms with Gasteiger partial charge in [0, 0.05) is 11.6 Å². The summed E-state index contributed by atoms with van der Waals surface area (Å²) < 4.78 is 12.7. The fraction of sp³-hybridized carbons (Fsp3) is 0.462. The number of carbonyl (C=O) groups excluding carboxylic acids is 1. The summed E-state index contributed by atoms with van der Waals surface area (Å²) >= 11 is 6.16. The highest BCUT2D eigenvalue weighted by atomic mass is 35.5. The fourth-order valence-electron chi connectivity index (χ4n) is 2.10. The highest BCUT2D eigenvalue weighted by Crippen LogP contribution is 2.23. The Morgan fingerprint density at radius 2 is 1.88 bits per heavy atom. The van der Waals surface area contributed by atoms with Crippen molar-refractivity contribution < 1.29 is 9.18 Å². The zero-order valence-corrected chi connectivity index (χ0v) is 10.2. The molecular formula is C13H15ClFNO. The Balaban J connectivity index is 1.98. The van der Waals surface area contributed by atoms with Crippen molar-refractivity contribution in [1.82, 2.24) is 5.32 Å². The second-order valence-electron chi connectivity index (χ2n) is 4.39. The minimum Gasteiger partial charge on any atom is -0.348 e. The quantitative estimate of drug-likeness (QED) is 0.809. The number of alkyl halides is 1. The van der Waals surface area contributed by atoms with E-state index in [1.807, 2.05) is 0 Å². The molecule has 2 rings (SSSR count). The first-order valence-corrected chi connectivity index (χ1v) is 6.31. The van der Waals surface area contributed by atoms with Crippen LogP contribution >= 0.6 is 11.6 Å². The van der Waals surface area contributed by atoms with Crippen molar-refractivity contribution in [2.24, 2.45) is 0 Å². The highest BCUT2D eigenvalue weighted by Gasteiger charge is 2.24. The largest absolute Gasteiger partial charge is 0.348 e. The van der Waals surface area contributed by atoms with Gasteiger partial charge in [-0.1, -0.05) is 12.8 Å². The van der Waals surface area contributed by atoms with Crippen LogP contribution in [-0.2, 0) is 0 Å². The van der Waals surface area contributed by atoms with E-state index in [1.165, 1.54) is 24.3 Å². The van der Waals surface area contributed by atoms with Crippen LogP contribution in [0.25, 0.3) is 0 Å². The minimum atomic E-state index is -0.338. The van der Waals surface area contributed by atoms with Crippen LogP contribution in [0.4, 0.5) is 4.39 Å². The second kappa shape index (κ2) is 5.50. The Morgan fingerprint density at radius 3 is 2.53 bits per heavy atom. The van der Waals surface area contributed by atoms with Crippen LogP contribution < -0.4 is 5.32 Å². The van der Waals surface area contributed by atoms with Gasteiger partial charge in [-0.3, -0.25) is 4.79 Å². The molecule has 1 aromatic carbocycles. The molecule has 1 amide bonds. The second-order valence-corrected chi connectivity index (χ2v) is 4.95. The van der Waals surface area contributed by atoms with Crippen LogP contribution in [0, 0.1) is 5.82 Å². The summed E-state index contributed by atoms with van der Waals surface area (Å²) in [6, 6.07) is 5.57. The van der Waals surface area contributed by atoms with Gasteiger partial charge in [-0.15, -0.1) is 11.6 Å². The molecule has 1 saturated carbocycles. The number of rotatable bonds is 2. The third kappa shape index (κ3) is 3.19. The average Bonchev–Trinajstić information content (AvgIpc) is 2.33. The van der Waals surface area contributed by atoms with E-state index in [0.29, 0.717) is 5.56 Å². The summed E-state index contributed by atoms with van der Waals surface area (Å²) in [5.41, 5.74) is 0.473. The lowest BCUT2D eigenvalue weighted by molar-refractivity contribution is 0.0928. The van der Waals surface area contributed by atoms with E-state index in [4.69, 9.17) is 11.6 Å². The number of benzene rings is 1. The maximum Gasteiger partial charge on any atom is 0.251 e. The van der Waals surface area contributed by atoms with Gasteiger partial charge < -0.3 is 5.32 Å². The lowest BCUT2D eigenvalue weighted by Gasteiger charge is -2.27. The first kappa shape index (κ1) is 12.4. The van der Waals surface area contributed by atoms with Gasteiger partial charge in [0.25, 0.3) is 5.91 Å². The Bertz CT molecular complexity index is 393. The summed E-state index contributed by atoms with van der Waals surface area (Å²) in [6.07, 6.45) is 4.08. The lowest BCUT2D eigenvalue weighted by atomic mass is 9.94. The third-order valence-corrected chi connectivity index (χ3v) is 3.63. The molecule has 0 heterocycles. The molecule has 1 fully saturated rings. The first-order chi connectivity index (χ1) is 8.16. The summed E-state index contributed by atoms with van der Waals surface area (Å²) in [4.78, 5) is 11.9. The van der Waals surface area contributed by atoms with Crippen molar-refractivity contribution in [3.05, 3.63) is 35.6 Å². The van der Waals surface area contributed by atoms with Crippen molar-refractivity contribution in [2.45, 2.75) is 37.1 Å². The Hall–Kier alpha value is -1.09. The predicted octanol–water partition coefficient (Wildman–Crippen LogP) is 3.11. The van der Waals surface area contributed by atoms with Crippen molar-refractivity contribution in [1.29, 1.82) is 0 Å². The Labute approximate surface area is 105 Å². The molecule has 2 unspecified atom stereocenters. The van der Waals surface area contributed by atoms with E-state index >= 15 is 0 Å². The van der Waals surface area contributed by atoms with Crippen LogP contribution in [0.2, 0.25) is 0 Å². The molecule has 1 N–H and O–H groups in total. The Kier molecular flexibility index (Phi) is 4.00. The topological polar surface area (TPSA) is 29.1 Å². The van der Waals surface area contributed by atoms with Crippen LogP contribution in [0.15, 0.2) is 24.3 Å². The van der Waals surface area contributed by atoms with Crippen molar-refractivity contribution in [2.75, 3.05) is 0 Å². The molecule has 0 aliphatic heterocycles. The van der Waals surface area contributed by atoms with Crippen LogP contribution in [-0.4, -0.2) is 17.3 Å². The molecule has 1 aliphatic carbocycles. The van der Waals surface area contributed by atoms with Crippen molar-refractivity contribution in [3.63, 3.8) is 0 Å². The summed E-state index contributed by atoms with van der Waals surface area (Å²) in [5.74, 6) is -0.517. The molecule has 17 heavy (non-hydrogen) atoms. The zero-order valence-electron chi connectivity index (χ0n) is 9.46. The number of nitrogens with one attached hydrogen (secondary N) is 1. The molecular weight excluding hydrogens is 241 g/mol. The average molecular weight is 256 g/mol. The Morgan fingerprint density at radius 1 is 1.24 bits per heavy atom. The van der Waals surface area contributed by atoms with Crippen LogP contribution in [0.3, 0.4) is 0 Å². The first-order valence-electron chi connectivity index (χ1n) is 5.87. The lowest BCUT2D eigenvalue weighted by Crippen LogP contribution is -2.42. The van der Waals surface area contributed by atoms with Gasteiger partial charge in [0.2, 0.25) is 0 Å². The van der Waals surface area contributed by atoms with Gasteiger partial charge in [0.05, 0.1) is 5.38 Å².